The molecule has 0 spiro atoms. The summed E-state index contributed by atoms with van der Waals surface area (Å²) in [5.41, 5.74) is 0. The van der Waals surface area contributed by atoms with Crippen LogP contribution in [0.5, 0.6) is 0 Å². The van der Waals surface area contributed by atoms with Crippen molar-refractivity contribution >= 4 is 0 Å². The number of hydrogen-bond acceptors (Lipinski definition) is 2. The first-order chi connectivity index (χ1) is 5.57. The summed E-state index contributed by atoms with van der Waals surface area (Å²) in [5.74, 6) is 0.822. The van der Waals surface area contributed by atoms with Gasteiger partial charge in [-0.2, -0.15) is 0 Å². The van der Waals surface area contributed by atoms with Gasteiger partial charge in [0.1, 0.15) is 0 Å². The molecule has 1 heterocycles. The van der Waals surface area contributed by atoms with Crippen LogP contribution < -0.4 is 0 Å². The summed E-state index contributed by atoms with van der Waals surface area (Å²) in [7, 11) is 4.40. The molecule has 3 atom stereocenters. The Hall–Kier alpha value is -0.0800. The van der Waals surface area contributed by atoms with E-state index < -0.39 is 0 Å². The van der Waals surface area contributed by atoms with Gasteiger partial charge in [0.25, 0.3) is 0 Å². The van der Waals surface area contributed by atoms with Crippen molar-refractivity contribution in [2.45, 2.75) is 45.7 Å². The molecule has 1 rings (SSSR count). The maximum Gasteiger partial charge on any atom is 0.0283 e. The fourth-order valence-corrected chi connectivity index (χ4v) is 2.07. The van der Waals surface area contributed by atoms with Crippen molar-refractivity contribution in [1.82, 2.24) is 10.0 Å². The minimum absolute atomic E-state index is 0.717. The van der Waals surface area contributed by atoms with Crippen LogP contribution in [-0.2, 0) is 0 Å². The molecule has 2 heteroatoms. The highest BCUT2D eigenvalue weighted by Gasteiger charge is 2.34. The fraction of sp³-hybridized carbons (Fsp3) is 1.00. The molecule has 0 aromatic carbocycles. The zero-order valence-corrected chi connectivity index (χ0v) is 9.04. The topological polar surface area (TPSA) is 6.48 Å². The van der Waals surface area contributed by atoms with Gasteiger partial charge < -0.3 is 0 Å². The number of rotatable bonds is 2. The Balaban J connectivity index is 2.58. The molecule has 0 aliphatic carbocycles. The second-order valence-corrected chi connectivity index (χ2v) is 4.18. The van der Waals surface area contributed by atoms with Crippen LogP contribution in [0.25, 0.3) is 0 Å². The molecule has 1 saturated heterocycles. The molecule has 2 nitrogen and oxygen atoms in total. The molecule has 12 heavy (non-hydrogen) atoms. The van der Waals surface area contributed by atoms with Crippen LogP contribution in [0.2, 0.25) is 0 Å². The van der Waals surface area contributed by atoms with Crippen LogP contribution in [0, 0.1) is 5.92 Å². The standard InChI is InChI=1S/C10H22N2/c1-6-8(2)10-7-9(3)11(4)12(10)5/h8-10H,6-7H2,1-5H3. The minimum atomic E-state index is 0.717. The quantitative estimate of drug-likeness (QED) is 0.625. The molecule has 72 valence electrons. The lowest BCUT2D eigenvalue weighted by molar-refractivity contribution is 0.0152. The van der Waals surface area contributed by atoms with Gasteiger partial charge in [-0.1, -0.05) is 20.3 Å². The molecule has 0 saturated carbocycles. The predicted octanol–water partition coefficient (Wildman–Crippen LogP) is 1.97. The summed E-state index contributed by atoms with van der Waals surface area (Å²) in [5, 5.41) is 4.76. The molecular formula is C10H22N2. The molecule has 1 fully saturated rings. The number of nitrogens with zero attached hydrogens (tertiary/aromatic N) is 2. The molecule has 0 aromatic rings. The smallest absolute Gasteiger partial charge is 0.0283 e. The van der Waals surface area contributed by atoms with Gasteiger partial charge in [-0.25, -0.2) is 10.0 Å². The van der Waals surface area contributed by atoms with Crippen molar-refractivity contribution < 1.29 is 0 Å². The lowest BCUT2D eigenvalue weighted by Crippen LogP contribution is -2.39. The van der Waals surface area contributed by atoms with Crippen molar-refractivity contribution in [3.63, 3.8) is 0 Å². The molecule has 1 aliphatic heterocycles. The summed E-state index contributed by atoms with van der Waals surface area (Å²) in [6.45, 7) is 6.94. The van der Waals surface area contributed by atoms with E-state index in [1.54, 1.807) is 0 Å². The van der Waals surface area contributed by atoms with E-state index in [9.17, 15) is 0 Å². The van der Waals surface area contributed by atoms with E-state index in [-0.39, 0.29) is 0 Å². The summed E-state index contributed by atoms with van der Waals surface area (Å²) in [6.07, 6.45) is 2.61. The van der Waals surface area contributed by atoms with Crippen LogP contribution in [0.4, 0.5) is 0 Å². The molecule has 0 aromatic heterocycles. The Morgan fingerprint density at radius 2 is 1.92 bits per heavy atom. The van der Waals surface area contributed by atoms with Crippen molar-refractivity contribution in [2.24, 2.45) is 5.92 Å². The predicted molar refractivity (Wildman–Crippen MR) is 52.8 cm³/mol. The molecule has 0 amide bonds. The van der Waals surface area contributed by atoms with Crippen molar-refractivity contribution in [2.75, 3.05) is 14.1 Å². The third-order valence-electron chi connectivity index (χ3n) is 3.50. The highest BCUT2D eigenvalue weighted by molar-refractivity contribution is 4.84. The van der Waals surface area contributed by atoms with Gasteiger partial charge in [-0.05, 0) is 19.3 Å². The lowest BCUT2D eigenvalue weighted by Gasteiger charge is -2.29. The van der Waals surface area contributed by atoms with Crippen LogP contribution in [0.3, 0.4) is 0 Å². The van der Waals surface area contributed by atoms with E-state index in [1.165, 1.54) is 12.8 Å². The second-order valence-electron chi connectivity index (χ2n) is 4.18. The Morgan fingerprint density at radius 3 is 2.25 bits per heavy atom. The Labute approximate surface area is 76.5 Å². The van der Waals surface area contributed by atoms with Gasteiger partial charge >= 0.3 is 0 Å². The fourth-order valence-electron chi connectivity index (χ4n) is 2.07. The van der Waals surface area contributed by atoms with E-state index in [0.29, 0.717) is 6.04 Å². The molecule has 3 unspecified atom stereocenters. The number of hydrogen-bond donors (Lipinski definition) is 0. The first-order valence-electron chi connectivity index (χ1n) is 5.03. The Morgan fingerprint density at radius 1 is 1.33 bits per heavy atom. The van der Waals surface area contributed by atoms with E-state index in [0.717, 1.165) is 12.0 Å². The molecule has 1 aliphatic rings. The minimum Gasteiger partial charge on any atom is -0.242 e. The zero-order chi connectivity index (χ0) is 9.30. The third kappa shape index (κ3) is 1.64. The average molecular weight is 170 g/mol. The SMILES string of the molecule is CCC(C)C1CC(C)N(C)N1C. The Kier molecular flexibility index (Phi) is 3.13. The van der Waals surface area contributed by atoms with Crippen LogP contribution in [0.1, 0.15) is 33.6 Å². The second kappa shape index (κ2) is 3.75. The highest BCUT2D eigenvalue weighted by atomic mass is 15.6. The first-order valence-corrected chi connectivity index (χ1v) is 5.03. The largest absolute Gasteiger partial charge is 0.242 e. The van der Waals surface area contributed by atoms with E-state index in [2.05, 4.69) is 44.9 Å². The van der Waals surface area contributed by atoms with Gasteiger partial charge in [0.05, 0.1) is 0 Å². The van der Waals surface area contributed by atoms with Crippen LogP contribution in [-0.4, -0.2) is 36.2 Å². The lowest BCUT2D eigenvalue weighted by atomic mass is 9.95. The Bertz CT molecular complexity index is 147. The first kappa shape index (κ1) is 10.0. The third-order valence-corrected chi connectivity index (χ3v) is 3.50. The normalized spacial score (nSPS) is 35.8. The van der Waals surface area contributed by atoms with Gasteiger partial charge in [0.2, 0.25) is 0 Å². The molecule has 0 radical (unpaired) electrons. The summed E-state index contributed by atoms with van der Waals surface area (Å²) >= 11 is 0. The van der Waals surface area contributed by atoms with Crippen molar-refractivity contribution in [1.29, 1.82) is 0 Å². The summed E-state index contributed by atoms with van der Waals surface area (Å²) < 4.78 is 0. The highest BCUT2D eigenvalue weighted by Crippen LogP contribution is 2.27. The summed E-state index contributed by atoms with van der Waals surface area (Å²) in [6, 6.07) is 1.48. The molecular weight excluding hydrogens is 148 g/mol. The monoisotopic (exact) mass is 170 g/mol. The van der Waals surface area contributed by atoms with Gasteiger partial charge in [-0.3, -0.25) is 0 Å². The number of hydrazine groups is 1. The van der Waals surface area contributed by atoms with Crippen LogP contribution >= 0.6 is 0 Å². The molecule has 0 bridgehead atoms. The summed E-state index contributed by atoms with van der Waals surface area (Å²) in [4.78, 5) is 0. The average Bonchev–Trinajstić information content (AvgIpc) is 2.32. The van der Waals surface area contributed by atoms with E-state index in [4.69, 9.17) is 0 Å². The van der Waals surface area contributed by atoms with Crippen molar-refractivity contribution in [3.8, 4) is 0 Å². The van der Waals surface area contributed by atoms with Crippen molar-refractivity contribution in [3.05, 3.63) is 0 Å². The zero-order valence-electron chi connectivity index (χ0n) is 9.04. The van der Waals surface area contributed by atoms with E-state index >= 15 is 0 Å². The van der Waals surface area contributed by atoms with Gasteiger partial charge in [0, 0.05) is 26.2 Å². The maximum atomic E-state index is 2.40. The van der Waals surface area contributed by atoms with Gasteiger partial charge in [-0.15, -0.1) is 0 Å². The maximum absolute atomic E-state index is 2.40. The van der Waals surface area contributed by atoms with Gasteiger partial charge in [0.15, 0.2) is 0 Å². The van der Waals surface area contributed by atoms with E-state index in [1.807, 2.05) is 0 Å². The van der Waals surface area contributed by atoms with Crippen LogP contribution in [0.15, 0.2) is 0 Å². The molecule has 0 N–H and O–H groups in total.